The molecule has 0 bridgehead atoms. The first kappa shape index (κ1) is 19.0. The third kappa shape index (κ3) is 7.68. The summed E-state index contributed by atoms with van der Waals surface area (Å²) >= 11 is 0. The Morgan fingerprint density at radius 2 is 2.04 bits per heavy atom. The van der Waals surface area contributed by atoms with Crippen molar-refractivity contribution in [3.05, 3.63) is 29.8 Å². The average molecular weight is 320 g/mol. The molecule has 0 spiro atoms. The number of hydrogen-bond donors (Lipinski definition) is 1. The van der Waals surface area contributed by atoms with Gasteiger partial charge in [0, 0.05) is 33.0 Å². The topological polar surface area (TPSA) is 58.6 Å². The van der Waals surface area contributed by atoms with E-state index in [1.165, 1.54) is 0 Å². The number of carbonyl (C=O) groups is 2. The van der Waals surface area contributed by atoms with Crippen LogP contribution >= 0.6 is 0 Å². The van der Waals surface area contributed by atoms with E-state index in [1.54, 1.807) is 18.9 Å². The zero-order valence-corrected chi connectivity index (χ0v) is 14.4. The van der Waals surface area contributed by atoms with Gasteiger partial charge in [-0.2, -0.15) is 0 Å². The number of methoxy groups -OCH3 is 1. The van der Waals surface area contributed by atoms with Gasteiger partial charge in [0.25, 0.3) is 0 Å². The maximum atomic E-state index is 11.7. The first-order valence-corrected chi connectivity index (χ1v) is 8.22. The molecule has 1 N–H and O–H groups in total. The summed E-state index contributed by atoms with van der Waals surface area (Å²) in [5.74, 6) is 0.813. The number of rotatable bonds is 10. The summed E-state index contributed by atoms with van der Waals surface area (Å²) in [5, 5.41) is 2.87. The number of ether oxygens (including phenoxy) is 1. The summed E-state index contributed by atoms with van der Waals surface area (Å²) in [4.78, 5) is 25.2. The van der Waals surface area contributed by atoms with E-state index in [0.717, 1.165) is 30.6 Å². The van der Waals surface area contributed by atoms with Crippen LogP contribution in [0.1, 0.15) is 38.7 Å². The van der Waals surface area contributed by atoms with Crippen LogP contribution in [0.3, 0.4) is 0 Å². The summed E-state index contributed by atoms with van der Waals surface area (Å²) in [7, 11) is 1.64. The Morgan fingerprint density at radius 3 is 2.70 bits per heavy atom. The lowest BCUT2D eigenvalue weighted by Crippen LogP contribution is -2.35. The van der Waals surface area contributed by atoms with Gasteiger partial charge in [-0.3, -0.25) is 9.59 Å². The molecule has 0 radical (unpaired) electrons. The molecule has 0 aliphatic carbocycles. The second-order valence-electron chi connectivity index (χ2n) is 5.56. The fourth-order valence-corrected chi connectivity index (χ4v) is 2.25. The lowest BCUT2D eigenvalue weighted by molar-refractivity contribution is -0.129. The molecule has 2 amide bonds. The van der Waals surface area contributed by atoms with Crippen molar-refractivity contribution in [1.29, 1.82) is 0 Å². The Kier molecular flexibility index (Phi) is 8.80. The van der Waals surface area contributed by atoms with E-state index in [4.69, 9.17) is 4.74 Å². The molecule has 0 heterocycles. The molecule has 0 unspecified atom stereocenters. The molecule has 0 atom stereocenters. The van der Waals surface area contributed by atoms with Crippen LogP contribution < -0.4 is 10.1 Å². The molecule has 5 nitrogen and oxygen atoms in total. The molecule has 1 rings (SSSR count). The SMILES string of the molecule is CCCCNC(=O)CCN(CCc1cccc(OC)c1)C(C)=O. The molecule has 128 valence electrons. The molecule has 0 aromatic heterocycles. The molecule has 0 saturated carbocycles. The van der Waals surface area contributed by atoms with Gasteiger partial charge in [0.15, 0.2) is 0 Å². The third-order valence-corrected chi connectivity index (χ3v) is 3.71. The smallest absolute Gasteiger partial charge is 0.221 e. The normalized spacial score (nSPS) is 10.2. The number of carbonyl (C=O) groups excluding carboxylic acids is 2. The minimum Gasteiger partial charge on any atom is -0.497 e. The lowest BCUT2D eigenvalue weighted by Gasteiger charge is -2.21. The molecule has 1 aromatic carbocycles. The van der Waals surface area contributed by atoms with Gasteiger partial charge < -0.3 is 15.0 Å². The Hall–Kier alpha value is -2.04. The van der Waals surface area contributed by atoms with Gasteiger partial charge in [0.1, 0.15) is 5.75 Å². The van der Waals surface area contributed by atoms with Crippen molar-refractivity contribution in [3.8, 4) is 5.75 Å². The van der Waals surface area contributed by atoms with Gasteiger partial charge in [-0.05, 0) is 30.5 Å². The molecule has 1 aromatic rings. The summed E-state index contributed by atoms with van der Waals surface area (Å²) in [6, 6.07) is 7.81. The van der Waals surface area contributed by atoms with Crippen molar-refractivity contribution >= 4 is 11.8 Å². The molecule has 5 heteroatoms. The second-order valence-corrected chi connectivity index (χ2v) is 5.56. The fraction of sp³-hybridized carbons (Fsp3) is 0.556. The summed E-state index contributed by atoms with van der Waals surface area (Å²) in [6.45, 7) is 5.39. The number of unbranched alkanes of at least 4 members (excludes halogenated alkanes) is 1. The maximum absolute atomic E-state index is 11.7. The summed E-state index contributed by atoms with van der Waals surface area (Å²) in [5.41, 5.74) is 1.11. The Bertz CT molecular complexity index is 503. The van der Waals surface area contributed by atoms with Crippen LogP contribution in [0.25, 0.3) is 0 Å². The fourth-order valence-electron chi connectivity index (χ4n) is 2.25. The zero-order valence-electron chi connectivity index (χ0n) is 14.4. The van der Waals surface area contributed by atoms with E-state index < -0.39 is 0 Å². The van der Waals surface area contributed by atoms with Crippen molar-refractivity contribution in [2.24, 2.45) is 0 Å². The van der Waals surface area contributed by atoms with Gasteiger partial charge in [-0.15, -0.1) is 0 Å². The van der Waals surface area contributed by atoms with Crippen LogP contribution in [0.5, 0.6) is 5.75 Å². The van der Waals surface area contributed by atoms with Crippen LogP contribution in [0.4, 0.5) is 0 Å². The molecule has 0 aliphatic rings. The summed E-state index contributed by atoms with van der Waals surface area (Å²) in [6.07, 6.45) is 3.13. The van der Waals surface area contributed by atoms with Crippen LogP contribution in [-0.4, -0.2) is 43.5 Å². The minimum atomic E-state index is -0.00532. The molecule has 23 heavy (non-hydrogen) atoms. The van der Waals surface area contributed by atoms with E-state index >= 15 is 0 Å². The van der Waals surface area contributed by atoms with Crippen molar-refractivity contribution in [1.82, 2.24) is 10.2 Å². The highest BCUT2D eigenvalue weighted by molar-refractivity contribution is 5.77. The first-order valence-electron chi connectivity index (χ1n) is 8.22. The van der Waals surface area contributed by atoms with Crippen LogP contribution in [-0.2, 0) is 16.0 Å². The van der Waals surface area contributed by atoms with Crippen LogP contribution in [0.2, 0.25) is 0 Å². The third-order valence-electron chi connectivity index (χ3n) is 3.71. The van der Waals surface area contributed by atoms with Crippen LogP contribution in [0.15, 0.2) is 24.3 Å². The molecular weight excluding hydrogens is 292 g/mol. The quantitative estimate of drug-likeness (QED) is 0.674. The Labute approximate surface area is 139 Å². The number of amides is 2. The molecule has 0 fully saturated rings. The first-order chi connectivity index (χ1) is 11.1. The van der Waals surface area contributed by atoms with E-state index in [1.807, 2.05) is 24.3 Å². The maximum Gasteiger partial charge on any atom is 0.221 e. The average Bonchev–Trinajstić information content (AvgIpc) is 2.55. The number of nitrogens with one attached hydrogen (secondary N) is 1. The largest absolute Gasteiger partial charge is 0.497 e. The van der Waals surface area contributed by atoms with E-state index in [0.29, 0.717) is 26.1 Å². The monoisotopic (exact) mass is 320 g/mol. The lowest BCUT2D eigenvalue weighted by atomic mass is 10.1. The summed E-state index contributed by atoms with van der Waals surface area (Å²) < 4.78 is 5.20. The molecular formula is C18H28N2O3. The van der Waals surface area contributed by atoms with Crippen molar-refractivity contribution in [2.75, 3.05) is 26.7 Å². The van der Waals surface area contributed by atoms with Crippen molar-refractivity contribution in [2.45, 2.75) is 39.5 Å². The van der Waals surface area contributed by atoms with Crippen molar-refractivity contribution in [3.63, 3.8) is 0 Å². The Morgan fingerprint density at radius 1 is 1.26 bits per heavy atom. The highest BCUT2D eigenvalue weighted by atomic mass is 16.5. The van der Waals surface area contributed by atoms with Gasteiger partial charge in [-0.25, -0.2) is 0 Å². The van der Waals surface area contributed by atoms with E-state index in [2.05, 4.69) is 12.2 Å². The van der Waals surface area contributed by atoms with Gasteiger partial charge in [0.2, 0.25) is 11.8 Å². The zero-order chi connectivity index (χ0) is 17.1. The standard InChI is InChI=1S/C18H28N2O3/c1-4-5-11-19-18(22)10-13-20(15(2)21)12-9-16-7-6-8-17(14-16)23-3/h6-8,14H,4-5,9-13H2,1-3H3,(H,19,22). The van der Waals surface area contributed by atoms with E-state index in [-0.39, 0.29) is 11.8 Å². The highest BCUT2D eigenvalue weighted by Gasteiger charge is 2.11. The highest BCUT2D eigenvalue weighted by Crippen LogP contribution is 2.13. The predicted molar refractivity (Wildman–Crippen MR) is 91.5 cm³/mol. The second kappa shape index (κ2) is 10.6. The van der Waals surface area contributed by atoms with Gasteiger partial charge >= 0.3 is 0 Å². The number of hydrogen-bond acceptors (Lipinski definition) is 3. The molecule has 0 aliphatic heterocycles. The molecule has 0 saturated heterocycles. The van der Waals surface area contributed by atoms with Gasteiger partial charge in [-0.1, -0.05) is 25.5 Å². The minimum absolute atomic E-state index is 0.00532. The number of nitrogens with zero attached hydrogens (tertiary/aromatic N) is 1. The predicted octanol–water partition coefficient (Wildman–Crippen LogP) is 2.39. The Balaban J connectivity index is 2.42. The van der Waals surface area contributed by atoms with E-state index in [9.17, 15) is 9.59 Å². The van der Waals surface area contributed by atoms with Gasteiger partial charge in [0.05, 0.1) is 7.11 Å². The van der Waals surface area contributed by atoms with Crippen LogP contribution in [0, 0.1) is 0 Å². The van der Waals surface area contributed by atoms with Crippen molar-refractivity contribution < 1.29 is 14.3 Å². The number of benzene rings is 1.